The Balaban J connectivity index is 2.08. The Morgan fingerprint density at radius 3 is 2.71 bits per heavy atom. The van der Waals surface area contributed by atoms with Crippen molar-refractivity contribution in [2.45, 2.75) is 31.7 Å². The predicted octanol–water partition coefficient (Wildman–Crippen LogP) is 2.24. The third-order valence-electron chi connectivity index (χ3n) is 3.70. The summed E-state index contributed by atoms with van der Waals surface area (Å²) in [5.41, 5.74) is 1.33. The van der Waals surface area contributed by atoms with Crippen LogP contribution in [0.3, 0.4) is 0 Å². The highest BCUT2D eigenvalue weighted by Crippen LogP contribution is 2.33. The average molecular weight is 233 g/mol. The Kier molecular flexibility index (Phi) is 3.79. The van der Waals surface area contributed by atoms with Gasteiger partial charge in [-0.25, -0.2) is 0 Å². The summed E-state index contributed by atoms with van der Waals surface area (Å²) in [6.45, 7) is 2.98. The van der Waals surface area contributed by atoms with Gasteiger partial charge in [0.1, 0.15) is 6.04 Å². The topological polar surface area (TPSA) is 49.3 Å². The normalized spacial score (nSPS) is 25.7. The zero-order valence-corrected chi connectivity index (χ0v) is 10.1. The van der Waals surface area contributed by atoms with E-state index < -0.39 is 5.97 Å². The monoisotopic (exact) mass is 233 g/mol. The highest BCUT2D eigenvalue weighted by molar-refractivity contribution is 5.73. The molecule has 3 atom stereocenters. The van der Waals surface area contributed by atoms with Crippen LogP contribution in [0.5, 0.6) is 0 Å². The van der Waals surface area contributed by atoms with Gasteiger partial charge in [0.15, 0.2) is 0 Å². The zero-order chi connectivity index (χ0) is 12.3. The van der Waals surface area contributed by atoms with Crippen molar-refractivity contribution in [2.75, 3.05) is 6.54 Å². The lowest BCUT2D eigenvalue weighted by Gasteiger charge is -2.21. The molecule has 3 heteroatoms. The maximum atomic E-state index is 10.9. The fraction of sp³-hybridized carbons (Fsp3) is 0.500. The second-order valence-electron chi connectivity index (χ2n) is 4.72. The van der Waals surface area contributed by atoms with Gasteiger partial charge in [0.05, 0.1) is 0 Å². The summed E-state index contributed by atoms with van der Waals surface area (Å²) in [6, 6.07) is 10.0. The Bertz CT molecular complexity index is 377. The van der Waals surface area contributed by atoms with E-state index in [0.717, 1.165) is 19.4 Å². The zero-order valence-electron chi connectivity index (χ0n) is 10.1. The van der Waals surface area contributed by atoms with E-state index in [9.17, 15) is 4.79 Å². The summed E-state index contributed by atoms with van der Waals surface area (Å²) in [5.74, 6) is 0.173. The van der Waals surface area contributed by atoms with Crippen LogP contribution in [0.4, 0.5) is 0 Å². The number of rotatable bonds is 4. The maximum Gasteiger partial charge on any atom is 0.320 e. The fourth-order valence-corrected chi connectivity index (χ4v) is 2.80. The van der Waals surface area contributed by atoms with Crippen LogP contribution >= 0.6 is 0 Å². The molecule has 0 bridgehead atoms. The lowest BCUT2D eigenvalue weighted by Crippen LogP contribution is -2.29. The van der Waals surface area contributed by atoms with Gasteiger partial charge in [0.2, 0.25) is 0 Å². The SMILES string of the molecule is CCC(c1ccccc1)C1CN[C@H](C(=O)O)C1. The first-order valence-corrected chi connectivity index (χ1v) is 6.23. The van der Waals surface area contributed by atoms with E-state index in [1.54, 1.807) is 0 Å². The van der Waals surface area contributed by atoms with Crippen LogP contribution in [-0.4, -0.2) is 23.7 Å². The highest BCUT2D eigenvalue weighted by atomic mass is 16.4. The first-order valence-electron chi connectivity index (χ1n) is 6.23. The molecular weight excluding hydrogens is 214 g/mol. The first-order chi connectivity index (χ1) is 8.22. The van der Waals surface area contributed by atoms with Gasteiger partial charge >= 0.3 is 5.97 Å². The van der Waals surface area contributed by atoms with Crippen molar-refractivity contribution in [3.05, 3.63) is 35.9 Å². The van der Waals surface area contributed by atoms with Crippen LogP contribution in [-0.2, 0) is 4.79 Å². The molecule has 1 heterocycles. The van der Waals surface area contributed by atoms with Crippen molar-refractivity contribution >= 4 is 5.97 Å². The number of aliphatic carboxylic acids is 1. The Labute approximate surface area is 102 Å². The minimum atomic E-state index is -0.726. The number of benzene rings is 1. The quantitative estimate of drug-likeness (QED) is 0.838. The molecule has 1 saturated heterocycles. The van der Waals surface area contributed by atoms with Crippen LogP contribution in [0, 0.1) is 5.92 Å². The fourth-order valence-electron chi connectivity index (χ4n) is 2.80. The summed E-state index contributed by atoms with van der Waals surface area (Å²) >= 11 is 0. The Morgan fingerprint density at radius 1 is 1.47 bits per heavy atom. The number of carboxylic acids is 1. The van der Waals surface area contributed by atoms with Crippen molar-refractivity contribution in [3.8, 4) is 0 Å². The summed E-state index contributed by atoms with van der Waals surface area (Å²) < 4.78 is 0. The van der Waals surface area contributed by atoms with Crippen molar-refractivity contribution in [3.63, 3.8) is 0 Å². The van der Waals surface area contributed by atoms with E-state index in [1.807, 2.05) is 6.07 Å². The molecule has 1 aliphatic heterocycles. The second-order valence-corrected chi connectivity index (χ2v) is 4.72. The molecule has 0 amide bonds. The molecule has 1 fully saturated rings. The molecule has 3 nitrogen and oxygen atoms in total. The molecular formula is C14H19NO2. The number of carboxylic acid groups (broad SMARTS) is 1. The maximum absolute atomic E-state index is 10.9. The number of hydrogen-bond donors (Lipinski definition) is 2. The smallest absolute Gasteiger partial charge is 0.320 e. The van der Waals surface area contributed by atoms with E-state index in [-0.39, 0.29) is 6.04 Å². The van der Waals surface area contributed by atoms with Gasteiger partial charge in [-0.1, -0.05) is 37.3 Å². The minimum absolute atomic E-state index is 0.363. The van der Waals surface area contributed by atoms with Crippen LogP contribution in [0.25, 0.3) is 0 Å². The Morgan fingerprint density at radius 2 is 2.18 bits per heavy atom. The largest absolute Gasteiger partial charge is 0.480 e. The van der Waals surface area contributed by atoms with Crippen molar-refractivity contribution in [1.82, 2.24) is 5.32 Å². The van der Waals surface area contributed by atoms with Crippen molar-refractivity contribution in [2.24, 2.45) is 5.92 Å². The summed E-state index contributed by atoms with van der Waals surface area (Å²) in [7, 11) is 0. The van der Waals surface area contributed by atoms with Gasteiger partial charge in [0.25, 0.3) is 0 Å². The minimum Gasteiger partial charge on any atom is -0.480 e. The van der Waals surface area contributed by atoms with Gasteiger partial charge in [-0.05, 0) is 36.8 Å². The molecule has 2 unspecified atom stereocenters. The number of nitrogens with one attached hydrogen (secondary N) is 1. The summed E-state index contributed by atoms with van der Waals surface area (Å²) in [5, 5.41) is 12.1. The molecule has 0 radical (unpaired) electrons. The molecule has 2 N–H and O–H groups in total. The van der Waals surface area contributed by atoms with Crippen molar-refractivity contribution in [1.29, 1.82) is 0 Å². The molecule has 1 aromatic rings. The van der Waals surface area contributed by atoms with Crippen LogP contribution < -0.4 is 5.32 Å². The molecule has 2 rings (SSSR count). The third kappa shape index (κ3) is 2.67. The molecule has 1 aromatic carbocycles. The molecule has 0 spiro atoms. The number of hydrogen-bond acceptors (Lipinski definition) is 2. The third-order valence-corrected chi connectivity index (χ3v) is 3.70. The van der Waals surface area contributed by atoms with E-state index in [0.29, 0.717) is 11.8 Å². The average Bonchev–Trinajstić information content (AvgIpc) is 2.81. The summed E-state index contributed by atoms with van der Waals surface area (Å²) in [4.78, 5) is 10.9. The van der Waals surface area contributed by atoms with E-state index in [4.69, 9.17) is 5.11 Å². The van der Waals surface area contributed by atoms with Gasteiger partial charge < -0.3 is 10.4 Å². The van der Waals surface area contributed by atoms with Crippen LogP contribution in [0.15, 0.2) is 30.3 Å². The predicted molar refractivity (Wildman–Crippen MR) is 67.0 cm³/mol. The summed E-state index contributed by atoms with van der Waals surface area (Å²) in [6.07, 6.45) is 1.80. The van der Waals surface area contributed by atoms with Crippen LogP contribution in [0.2, 0.25) is 0 Å². The van der Waals surface area contributed by atoms with Crippen molar-refractivity contribution < 1.29 is 9.90 Å². The van der Waals surface area contributed by atoms with E-state index >= 15 is 0 Å². The number of carbonyl (C=O) groups is 1. The van der Waals surface area contributed by atoms with Gasteiger partial charge in [0, 0.05) is 0 Å². The Hall–Kier alpha value is -1.35. The molecule has 92 valence electrons. The van der Waals surface area contributed by atoms with Gasteiger partial charge in [-0.3, -0.25) is 4.79 Å². The van der Waals surface area contributed by atoms with E-state index in [2.05, 4.69) is 36.5 Å². The lowest BCUT2D eigenvalue weighted by molar-refractivity contribution is -0.139. The lowest BCUT2D eigenvalue weighted by atomic mass is 9.83. The molecule has 0 aromatic heterocycles. The molecule has 17 heavy (non-hydrogen) atoms. The second kappa shape index (κ2) is 5.32. The van der Waals surface area contributed by atoms with Crippen LogP contribution in [0.1, 0.15) is 31.2 Å². The molecule has 0 saturated carbocycles. The molecule has 1 aliphatic rings. The standard InChI is InChI=1S/C14H19NO2/c1-2-12(10-6-4-3-5-7-10)11-8-13(14(16)17)15-9-11/h3-7,11-13,15H,2,8-9H2,1H3,(H,16,17)/t11?,12?,13-/m0/s1. The first kappa shape index (κ1) is 12.1. The van der Waals surface area contributed by atoms with Gasteiger partial charge in [-0.2, -0.15) is 0 Å². The highest BCUT2D eigenvalue weighted by Gasteiger charge is 2.33. The van der Waals surface area contributed by atoms with Gasteiger partial charge in [-0.15, -0.1) is 0 Å². The van der Waals surface area contributed by atoms with E-state index in [1.165, 1.54) is 5.56 Å². The molecule has 0 aliphatic carbocycles.